The van der Waals surface area contributed by atoms with Crippen molar-refractivity contribution in [1.82, 2.24) is 4.90 Å². The van der Waals surface area contributed by atoms with Gasteiger partial charge in [0.2, 0.25) is 11.6 Å². The molecule has 4 aliphatic rings. The van der Waals surface area contributed by atoms with Crippen LogP contribution in [0.3, 0.4) is 0 Å². The largest absolute Gasteiger partial charge is 0.394 e. The number of nitrogens with zero attached hydrogens (tertiary/aromatic N) is 1. The number of amides is 1. The van der Waals surface area contributed by atoms with Crippen LogP contribution < -0.4 is 0 Å². The molecular formula is C26H45NO22. The molecule has 0 spiro atoms. The predicted molar refractivity (Wildman–Crippen MR) is 146 cm³/mol. The number of carbonyl (C=O) groups excluding carboxylic acids is 1. The van der Waals surface area contributed by atoms with E-state index in [0.717, 1.165) is 6.92 Å². The monoisotopic (exact) mass is 723 g/mol. The third-order valence-electron chi connectivity index (χ3n) is 9.93. The summed E-state index contributed by atoms with van der Waals surface area (Å²) in [5.74, 6) is -1.44. The van der Waals surface area contributed by atoms with E-state index in [4.69, 9.17) is 23.7 Å². The molecule has 0 aromatic heterocycles. The number of hydrogen-bond acceptors (Lipinski definition) is 22. The molecule has 0 saturated carbocycles. The number of rotatable bonds is 7. The second-order valence-corrected chi connectivity index (χ2v) is 12.8. The molecule has 20 atom stereocenters. The van der Waals surface area contributed by atoms with Gasteiger partial charge >= 0.3 is 0 Å². The summed E-state index contributed by atoms with van der Waals surface area (Å²) in [5.41, 5.74) is -13.5. The van der Waals surface area contributed by atoms with E-state index in [1.54, 1.807) is 0 Å². The van der Waals surface area contributed by atoms with Crippen LogP contribution in [0.2, 0.25) is 0 Å². The molecule has 4 saturated heterocycles. The maximum atomic E-state index is 13.6. The summed E-state index contributed by atoms with van der Waals surface area (Å²) in [6.45, 7) is -0.755. The third-order valence-corrected chi connectivity index (χ3v) is 9.93. The SMILES string of the molecule is CC(=O)N([C@@]1(C)OC(O)[C@@H](O)[C@H](O)[C@@H]1O)[C@]1(CO)O[C@H](O[C@H]2[C@H](O)[C@@H](O)[C@H](O)O[C@@H]2CO)[C@H](O)[C@H](O)[C@@]1(O)[C@@]1(C)OC(O)[C@@H](O)[C@H](O)[C@@H]1O. The van der Waals surface area contributed by atoms with E-state index in [1.807, 2.05) is 0 Å². The van der Waals surface area contributed by atoms with Crippen LogP contribution in [0.15, 0.2) is 0 Å². The second kappa shape index (κ2) is 13.9. The number of ether oxygens (including phenoxy) is 5. The van der Waals surface area contributed by atoms with Gasteiger partial charge in [0, 0.05) is 6.92 Å². The number of aliphatic hydroxyl groups excluding tert-OH is 15. The van der Waals surface area contributed by atoms with Crippen LogP contribution in [0.25, 0.3) is 0 Å². The normalized spacial score (nSPS) is 55.6. The highest BCUT2D eigenvalue weighted by Gasteiger charge is 2.80. The van der Waals surface area contributed by atoms with E-state index in [1.165, 1.54) is 0 Å². The maximum absolute atomic E-state index is 13.6. The summed E-state index contributed by atoms with van der Waals surface area (Å²) in [4.78, 5) is 13.7. The van der Waals surface area contributed by atoms with Gasteiger partial charge in [0.25, 0.3) is 0 Å². The molecule has 0 aromatic carbocycles. The van der Waals surface area contributed by atoms with Gasteiger partial charge in [0.05, 0.1) is 13.2 Å². The first-order valence-corrected chi connectivity index (χ1v) is 15.0. The van der Waals surface area contributed by atoms with Crippen molar-refractivity contribution in [3.8, 4) is 0 Å². The number of hydrogen-bond donors (Lipinski definition) is 16. The molecule has 4 rings (SSSR count). The van der Waals surface area contributed by atoms with Crippen LogP contribution in [0, 0.1) is 0 Å². The fourth-order valence-electron chi connectivity index (χ4n) is 7.16. The van der Waals surface area contributed by atoms with Gasteiger partial charge in [0.15, 0.2) is 36.5 Å². The van der Waals surface area contributed by atoms with E-state index in [-0.39, 0.29) is 4.90 Å². The Morgan fingerprint density at radius 1 is 0.673 bits per heavy atom. The van der Waals surface area contributed by atoms with E-state index in [0.29, 0.717) is 13.8 Å². The summed E-state index contributed by atoms with van der Waals surface area (Å²) in [7, 11) is 0. The van der Waals surface area contributed by atoms with Gasteiger partial charge in [-0.15, -0.1) is 0 Å². The Kier molecular flexibility index (Phi) is 11.4. The van der Waals surface area contributed by atoms with Crippen molar-refractivity contribution in [2.24, 2.45) is 0 Å². The Hall–Kier alpha value is -1.37. The van der Waals surface area contributed by atoms with E-state index in [9.17, 15) is 86.5 Å². The standard InChI is InChI=1S/C26H45NO22/c1-6(30)27(24(3)17(39)10(33)13(36)21(43)48-24)25(5-29)26(44,23(2)16(38)9(32)12(35)20(42)47-23)18(40)14(37)22(49-25)46-15-7(4-28)45-19(41)11(34)8(15)31/h7-22,28-29,31-44H,4-5H2,1-3H3/t7-,8-,9+,10+,11-,12+,13+,14-,15-,16+,17+,18+,19-,20?,21?,22+,23+,24+,25-,26-/m1/s1. The molecule has 16 N–H and O–H groups in total. The smallest absolute Gasteiger partial charge is 0.224 e. The minimum Gasteiger partial charge on any atom is -0.394 e. The summed E-state index contributed by atoms with van der Waals surface area (Å²) < 4.78 is 27.0. The molecular weight excluding hydrogens is 678 g/mol. The Morgan fingerprint density at radius 3 is 1.69 bits per heavy atom. The van der Waals surface area contributed by atoms with Gasteiger partial charge in [-0.2, -0.15) is 0 Å². The first-order valence-electron chi connectivity index (χ1n) is 15.0. The van der Waals surface area contributed by atoms with Crippen LogP contribution in [-0.2, 0) is 28.5 Å². The van der Waals surface area contributed by atoms with Crippen LogP contribution >= 0.6 is 0 Å². The second-order valence-electron chi connectivity index (χ2n) is 12.8. The molecule has 4 aliphatic heterocycles. The quantitative estimate of drug-likeness (QED) is 0.116. The lowest BCUT2D eigenvalue weighted by molar-refractivity contribution is -0.481. The topological polar surface area (TPSA) is 390 Å². The highest BCUT2D eigenvalue weighted by Crippen LogP contribution is 2.54. The first-order chi connectivity index (χ1) is 22.5. The van der Waals surface area contributed by atoms with E-state index in [2.05, 4.69) is 0 Å². The van der Waals surface area contributed by atoms with Crippen molar-refractivity contribution < 1.29 is 110 Å². The number of aliphatic hydroxyl groups is 16. The lowest BCUT2D eigenvalue weighted by atomic mass is 9.63. The van der Waals surface area contributed by atoms with Gasteiger partial charge < -0.3 is 105 Å². The van der Waals surface area contributed by atoms with Gasteiger partial charge in [-0.25, -0.2) is 0 Å². The molecule has 49 heavy (non-hydrogen) atoms. The lowest BCUT2D eigenvalue weighted by Crippen LogP contribution is -2.91. The zero-order chi connectivity index (χ0) is 37.3. The van der Waals surface area contributed by atoms with Crippen LogP contribution in [-0.4, -0.2) is 227 Å². The fourth-order valence-corrected chi connectivity index (χ4v) is 7.16. The minimum atomic E-state index is -3.81. The van der Waals surface area contributed by atoms with Gasteiger partial charge in [0.1, 0.15) is 78.8 Å². The average molecular weight is 724 g/mol. The Labute approximate surface area is 276 Å². The third kappa shape index (κ3) is 5.79. The molecule has 4 fully saturated rings. The van der Waals surface area contributed by atoms with Crippen molar-refractivity contribution in [2.45, 2.75) is 142 Å². The first kappa shape index (κ1) is 40.4. The minimum absolute atomic E-state index is 0.0650. The summed E-state index contributed by atoms with van der Waals surface area (Å²) in [6, 6.07) is 0. The molecule has 23 nitrogen and oxygen atoms in total. The highest BCUT2D eigenvalue weighted by atomic mass is 16.8. The van der Waals surface area contributed by atoms with Crippen molar-refractivity contribution in [2.75, 3.05) is 13.2 Å². The Balaban J connectivity index is 1.99. The molecule has 2 unspecified atom stereocenters. The predicted octanol–water partition coefficient (Wildman–Crippen LogP) is -10.5. The lowest BCUT2D eigenvalue weighted by Gasteiger charge is -2.67. The maximum Gasteiger partial charge on any atom is 0.224 e. The van der Waals surface area contributed by atoms with Crippen molar-refractivity contribution in [3.05, 3.63) is 0 Å². The zero-order valence-electron chi connectivity index (χ0n) is 26.2. The average Bonchev–Trinajstić information content (AvgIpc) is 3.05. The van der Waals surface area contributed by atoms with E-state index >= 15 is 0 Å². The molecule has 4 heterocycles. The molecule has 0 radical (unpaired) electrons. The van der Waals surface area contributed by atoms with Crippen molar-refractivity contribution >= 4 is 5.91 Å². The number of carbonyl (C=O) groups is 1. The van der Waals surface area contributed by atoms with Gasteiger partial charge in [-0.1, -0.05) is 0 Å². The molecule has 23 heteroatoms. The Morgan fingerprint density at radius 2 is 1.18 bits per heavy atom. The summed E-state index contributed by atoms with van der Waals surface area (Å²) in [6.07, 6.45) is -37.6. The molecule has 0 aliphatic carbocycles. The molecule has 0 aromatic rings. The van der Waals surface area contributed by atoms with Crippen molar-refractivity contribution in [3.63, 3.8) is 0 Å². The van der Waals surface area contributed by atoms with Crippen molar-refractivity contribution in [1.29, 1.82) is 0 Å². The molecule has 286 valence electrons. The van der Waals surface area contributed by atoms with Gasteiger partial charge in [-0.05, 0) is 13.8 Å². The van der Waals surface area contributed by atoms with Crippen LogP contribution in [0.4, 0.5) is 0 Å². The van der Waals surface area contributed by atoms with Crippen LogP contribution in [0.5, 0.6) is 0 Å². The Bertz CT molecular complexity index is 1190. The van der Waals surface area contributed by atoms with E-state index < -0.39 is 140 Å². The zero-order valence-corrected chi connectivity index (χ0v) is 26.2. The summed E-state index contributed by atoms with van der Waals surface area (Å²) >= 11 is 0. The highest BCUT2D eigenvalue weighted by molar-refractivity contribution is 5.75. The summed E-state index contributed by atoms with van der Waals surface area (Å²) in [5, 5.41) is 172. The molecule has 1 amide bonds. The van der Waals surface area contributed by atoms with Crippen LogP contribution in [0.1, 0.15) is 20.8 Å². The van der Waals surface area contributed by atoms with Gasteiger partial charge in [-0.3, -0.25) is 9.69 Å². The molecule has 0 bridgehead atoms. The fraction of sp³-hybridized carbons (Fsp3) is 0.962.